The lowest BCUT2D eigenvalue weighted by atomic mass is 9.44. The highest BCUT2D eigenvalue weighted by Gasteiger charge is 2.60. The Labute approximate surface area is 206 Å². The summed E-state index contributed by atoms with van der Waals surface area (Å²) in [5, 5.41) is 10.3. The first-order valence-electron chi connectivity index (χ1n) is 14.1. The molecule has 0 aromatic rings. The number of carbonyl (C=O) groups excluding carboxylic acids is 2. The smallest absolute Gasteiger partial charge is 0.344 e. The van der Waals surface area contributed by atoms with E-state index in [1.54, 1.807) is 13.8 Å². The van der Waals surface area contributed by atoms with Crippen molar-refractivity contribution in [1.29, 1.82) is 0 Å². The van der Waals surface area contributed by atoms with Crippen LogP contribution in [-0.4, -0.2) is 35.9 Å². The number of aliphatic hydroxyl groups is 1. The Morgan fingerprint density at radius 1 is 0.912 bits per heavy atom. The van der Waals surface area contributed by atoms with Crippen molar-refractivity contribution < 1.29 is 24.2 Å². The lowest BCUT2D eigenvalue weighted by Gasteiger charge is -2.61. The molecule has 194 valence electrons. The van der Waals surface area contributed by atoms with Gasteiger partial charge in [-0.05, 0) is 124 Å². The lowest BCUT2D eigenvalue weighted by molar-refractivity contribution is -0.161. The summed E-state index contributed by atoms with van der Waals surface area (Å²) >= 11 is 0. The Bertz CT molecular complexity index is 749. The third-order valence-corrected chi connectivity index (χ3v) is 10.9. The average molecular weight is 477 g/mol. The third-order valence-electron chi connectivity index (χ3n) is 10.9. The van der Waals surface area contributed by atoms with Gasteiger partial charge in [0.1, 0.15) is 0 Å². The van der Waals surface area contributed by atoms with Crippen molar-refractivity contribution in [3.8, 4) is 0 Å². The molecule has 4 saturated carbocycles. The molecule has 34 heavy (non-hydrogen) atoms. The van der Waals surface area contributed by atoms with Gasteiger partial charge in [-0.3, -0.25) is 4.79 Å². The molecular formula is C29H48O5. The molecular weight excluding hydrogens is 428 g/mol. The molecule has 0 radical (unpaired) electrons. The summed E-state index contributed by atoms with van der Waals surface area (Å²) in [4.78, 5) is 23.9. The number of esters is 2. The topological polar surface area (TPSA) is 72.8 Å². The van der Waals surface area contributed by atoms with Crippen molar-refractivity contribution in [2.45, 2.75) is 117 Å². The maximum absolute atomic E-state index is 12.2. The van der Waals surface area contributed by atoms with E-state index in [-0.39, 0.29) is 24.8 Å². The molecule has 5 heteroatoms. The van der Waals surface area contributed by atoms with Gasteiger partial charge in [0.2, 0.25) is 0 Å². The van der Waals surface area contributed by atoms with Gasteiger partial charge in [0.25, 0.3) is 0 Å². The van der Waals surface area contributed by atoms with E-state index in [9.17, 15) is 14.7 Å². The van der Waals surface area contributed by atoms with Crippen LogP contribution in [0.5, 0.6) is 0 Å². The van der Waals surface area contributed by atoms with Crippen molar-refractivity contribution in [3.63, 3.8) is 0 Å². The molecule has 0 spiro atoms. The summed E-state index contributed by atoms with van der Waals surface area (Å²) < 4.78 is 10.2. The Morgan fingerprint density at radius 3 is 2.35 bits per heavy atom. The minimum absolute atomic E-state index is 0.0762. The first-order chi connectivity index (χ1) is 16.0. The van der Waals surface area contributed by atoms with E-state index in [0.717, 1.165) is 37.0 Å². The zero-order valence-corrected chi connectivity index (χ0v) is 22.2. The molecule has 0 amide bonds. The fourth-order valence-electron chi connectivity index (χ4n) is 9.27. The molecule has 0 heterocycles. The van der Waals surface area contributed by atoms with Crippen LogP contribution in [0, 0.1) is 46.3 Å². The van der Waals surface area contributed by atoms with Crippen LogP contribution in [0.15, 0.2) is 0 Å². The van der Waals surface area contributed by atoms with Gasteiger partial charge in [-0.25, -0.2) is 4.79 Å². The number of ether oxygens (including phenoxy) is 2. The Hall–Kier alpha value is -1.10. The van der Waals surface area contributed by atoms with Crippen LogP contribution in [0.2, 0.25) is 0 Å². The van der Waals surface area contributed by atoms with Crippen LogP contribution in [0.1, 0.15) is 105 Å². The molecule has 5 nitrogen and oxygen atoms in total. The van der Waals surface area contributed by atoms with Crippen LogP contribution in [0.3, 0.4) is 0 Å². The van der Waals surface area contributed by atoms with Crippen molar-refractivity contribution in [3.05, 3.63) is 0 Å². The Balaban J connectivity index is 1.33. The van der Waals surface area contributed by atoms with Gasteiger partial charge in [-0.1, -0.05) is 20.8 Å². The van der Waals surface area contributed by atoms with Gasteiger partial charge >= 0.3 is 11.9 Å². The van der Waals surface area contributed by atoms with Crippen molar-refractivity contribution in [2.75, 3.05) is 6.61 Å². The number of hydrogen-bond donors (Lipinski definition) is 1. The highest BCUT2D eigenvalue weighted by Crippen LogP contribution is 2.68. The van der Waals surface area contributed by atoms with Gasteiger partial charge < -0.3 is 14.6 Å². The first kappa shape index (κ1) is 26.0. The minimum Gasteiger partial charge on any atom is -0.460 e. The quantitative estimate of drug-likeness (QED) is 0.462. The second-order valence-corrected chi connectivity index (χ2v) is 13.0. The van der Waals surface area contributed by atoms with E-state index in [2.05, 4.69) is 20.8 Å². The third kappa shape index (κ3) is 4.92. The lowest BCUT2D eigenvalue weighted by Crippen LogP contribution is -2.54. The molecule has 4 fully saturated rings. The molecule has 1 N–H and O–H groups in total. The molecule has 1 unspecified atom stereocenters. The molecule has 9 atom stereocenters. The Kier molecular flexibility index (Phi) is 7.72. The molecule has 4 aliphatic carbocycles. The fraction of sp³-hybridized carbons (Fsp3) is 0.931. The summed E-state index contributed by atoms with van der Waals surface area (Å²) in [6, 6.07) is 0. The van der Waals surface area contributed by atoms with E-state index in [1.165, 1.54) is 44.9 Å². The standard InChI is InChI=1S/C29H48O5/c1-18(2)34-27(32)17-33-26(31)11-6-19(3)23-9-10-24-22-8-7-20-16-21(30)12-14-28(20,4)25(22)13-15-29(23,24)5/h18-25,30H,6-17H2,1-5H3/t19-,20?,21-,22+,23-,24+,25+,28+,29-/m1/s1. The summed E-state index contributed by atoms with van der Waals surface area (Å²) in [5.41, 5.74) is 0.802. The number of carbonyl (C=O) groups is 2. The zero-order valence-electron chi connectivity index (χ0n) is 22.2. The SMILES string of the molecule is CC(C)OC(=O)COC(=O)CC[C@@H](C)[C@H]1CC[C@H]2[C@@H]3CCC4C[C@H](O)CC[C@]4(C)[C@H]3CC[C@]12C. The molecule has 0 aromatic carbocycles. The van der Waals surface area contributed by atoms with Gasteiger partial charge in [-0.2, -0.15) is 0 Å². The van der Waals surface area contributed by atoms with Gasteiger partial charge in [-0.15, -0.1) is 0 Å². The summed E-state index contributed by atoms with van der Waals surface area (Å²) in [7, 11) is 0. The van der Waals surface area contributed by atoms with Crippen LogP contribution in [0.25, 0.3) is 0 Å². The molecule has 4 aliphatic rings. The number of rotatable bonds is 7. The van der Waals surface area contributed by atoms with Crippen LogP contribution in [0.4, 0.5) is 0 Å². The highest BCUT2D eigenvalue weighted by atomic mass is 16.6. The predicted molar refractivity (Wildman–Crippen MR) is 132 cm³/mol. The zero-order chi connectivity index (χ0) is 24.7. The van der Waals surface area contributed by atoms with Crippen molar-refractivity contribution in [1.82, 2.24) is 0 Å². The fourth-order valence-corrected chi connectivity index (χ4v) is 9.27. The summed E-state index contributed by atoms with van der Waals surface area (Å²) in [6.07, 6.45) is 12.1. The number of fused-ring (bicyclic) bond motifs is 5. The van der Waals surface area contributed by atoms with E-state index in [4.69, 9.17) is 9.47 Å². The van der Waals surface area contributed by atoms with Gasteiger partial charge in [0.15, 0.2) is 6.61 Å². The van der Waals surface area contributed by atoms with Crippen molar-refractivity contribution in [2.24, 2.45) is 46.3 Å². The monoisotopic (exact) mass is 476 g/mol. The van der Waals surface area contributed by atoms with Gasteiger partial charge in [0, 0.05) is 6.42 Å². The number of aliphatic hydroxyl groups excluding tert-OH is 1. The molecule has 0 aliphatic heterocycles. The van der Waals surface area contributed by atoms with Crippen LogP contribution < -0.4 is 0 Å². The molecule has 4 rings (SSSR count). The molecule has 0 bridgehead atoms. The van der Waals surface area contributed by atoms with Crippen LogP contribution >= 0.6 is 0 Å². The van der Waals surface area contributed by atoms with Gasteiger partial charge in [0.05, 0.1) is 12.2 Å². The second-order valence-electron chi connectivity index (χ2n) is 13.0. The van der Waals surface area contributed by atoms with Crippen molar-refractivity contribution >= 4 is 11.9 Å². The normalized spacial score (nSPS) is 42.3. The first-order valence-corrected chi connectivity index (χ1v) is 14.1. The van der Waals surface area contributed by atoms with E-state index < -0.39 is 5.97 Å². The summed E-state index contributed by atoms with van der Waals surface area (Å²) in [5.74, 6) is 3.56. The number of hydrogen-bond acceptors (Lipinski definition) is 5. The maximum atomic E-state index is 12.2. The van der Waals surface area contributed by atoms with E-state index in [0.29, 0.717) is 35.0 Å². The predicted octanol–water partition coefficient (Wildman–Crippen LogP) is 5.92. The summed E-state index contributed by atoms with van der Waals surface area (Å²) in [6.45, 7) is 10.7. The average Bonchev–Trinajstić information content (AvgIpc) is 3.13. The maximum Gasteiger partial charge on any atom is 0.344 e. The van der Waals surface area contributed by atoms with Crippen LogP contribution in [-0.2, 0) is 19.1 Å². The molecule has 0 saturated heterocycles. The highest BCUT2D eigenvalue weighted by molar-refractivity contribution is 5.76. The minimum atomic E-state index is -0.477. The van der Waals surface area contributed by atoms with E-state index >= 15 is 0 Å². The second kappa shape index (κ2) is 10.1. The largest absolute Gasteiger partial charge is 0.460 e. The van der Waals surface area contributed by atoms with E-state index in [1.807, 2.05) is 0 Å². The molecule has 0 aromatic heterocycles. The Morgan fingerprint density at radius 2 is 1.62 bits per heavy atom.